The van der Waals surface area contributed by atoms with E-state index >= 15 is 0 Å². The molecule has 0 aromatic rings. The summed E-state index contributed by atoms with van der Waals surface area (Å²) in [6.45, 7) is 8.43. The zero-order chi connectivity index (χ0) is 9.68. The summed E-state index contributed by atoms with van der Waals surface area (Å²) in [5.41, 5.74) is 1.39. The first-order chi connectivity index (χ1) is 6.24. The highest BCUT2D eigenvalue weighted by atomic mass is 14.2. The molecule has 0 spiro atoms. The third-order valence-corrected chi connectivity index (χ3v) is 3.11. The van der Waals surface area contributed by atoms with E-state index in [0.29, 0.717) is 0 Å². The quantitative estimate of drug-likeness (QED) is 0.564. The molecule has 0 amide bonds. The maximum atomic E-state index is 4.05. The third kappa shape index (κ3) is 3.38. The van der Waals surface area contributed by atoms with Crippen molar-refractivity contribution in [1.29, 1.82) is 0 Å². The second-order valence-electron chi connectivity index (χ2n) is 4.29. The van der Waals surface area contributed by atoms with Crippen molar-refractivity contribution in [2.24, 2.45) is 11.8 Å². The van der Waals surface area contributed by atoms with Crippen LogP contribution in [0.5, 0.6) is 0 Å². The van der Waals surface area contributed by atoms with Crippen LogP contribution in [0.3, 0.4) is 0 Å². The molecule has 1 aliphatic rings. The highest BCUT2D eigenvalue weighted by Crippen LogP contribution is 2.32. The van der Waals surface area contributed by atoms with Crippen LogP contribution in [0.1, 0.15) is 46.0 Å². The van der Waals surface area contributed by atoms with Crippen LogP contribution in [0, 0.1) is 11.8 Å². The van der Waals surface area contributed by atoms with Crippen molar-refractivity contribution >= 4 is 0 Å². The zero-order valence-corrected chi connectivity index (χ0v) is 9.05. The van der Waals surface area contributed by atoms with Gasteiger partial charge >= 0.3 is 0 Å². The molecule has 0 aromatic heterocycles. The van der Waals surface area contributed by atoms with E-state index in [0.717, 1.165) is 11.8 Å². The summed E-state index contributed by atoms with van der Waals surface area (Å²) in [6, 6.07) is 0. The fourth-order valence-corrected chi connectivity index (χ4v) is 2.13. The number of allylic oxidation sites excluding steroid dienone is 3. The summed E-state index contributed by atoms with van der Waals surface area (Å²) in [4.78, 5) is 0. The molecule has 0 N–H and O–H groups in total. The van der Waals surface area contributed by atoms with Crippen molar-refractivity contribution in [1.82, 2.24) is 0 Å². The van der Waals surface area contributed by atoms with E-state index in [2.05, 4.69) is 32.6 Å². The van der Waals surface area contributed by atoms with Gasteiger partial charge in [-0.3, -0.25) is 0 Å². The Labute approximate surface area is 82.7 Å². The van der Waals surface area contributed by atoms with E-state index in [9.17, 15) is 0 Å². The SMILES string of the molecule is C=C(C)C1CCC(C=CCC)CC1. The molecule has 0 heterocycles. The molecule has 0 nitrogen and oxygen atoms in total. The van der Waals surface area contributed by atoms with Gasteiger partial charge in [-0.05, 0) is 50.9 Å². The molecule has 1 aliphatic carbocycles. The first-order valence-electron chi connectivity index (χ1n) is 5.56. The molecule has 0 aliphatic heterocycles. The smallest absolute Gasteiger partial charge is 0.0208 e. The Morgan fingerprint density at radius 1 is 1.31 bits per heavy atom. The van der Waals surface area contributed by atoms with Gasteiger partial charge in [-0.25, -0.2) is 0 Å². The van der Waals surface area contributed by atoms with Gasteiger partial charge < -0.3 is 0 Å². The average molecular weight is 178 g/mol. The lowest BCUT2D eigenvalue weighted by Crippen LogP contribution is -2.13. The standard InChI is InChI=1S/C13H22/c1-4-5-6-12-7-9-13(10-8-12)11(2)3/h5-6,12-13H,2,4,7-10H2,1,3H3. The van der Waals surface area contributed by atoms with E-state index in [4.69, 9.17) is 0 Å². The first-order valence-corrected chi connectivity index (χ1v) is 5.56. The van der Waals surface area contributed by atoms with Gasteiger partial charge in [0, 0.05) is 0 Å². The van der Waals surface area contributed by atoms with Crippen LogP contribution in [0.25, 0.3) is 0 Å². The van der Waals surface area contributed by atoms with Crippen LogP contribution in [-0.4, -0.2) is 0 Å². The fraction of sp³-hybridized carbons (Fsp3) is 0.692. The Bertz CT molecular complexity index is 180. The Morgan fingerprint density at radius 2 is 1.92 bits per heavy atom. The summed E-state index contributed by atoms with van der Waals surface area (Å²) in [5.74, 6) is 1.67. The Kier molecular flexibility index (Phi) is 4.27. The number of hydrogen-bond acceptors (Lipinski definition) is 0. The monoisotopic (exact) mass is 178 g/mol. The molecule has 1 rings (SSSR count). The molecule has 74 valence electrons. The van der Waals surface area contributed by atoms with E-state index in [-0.39, 0.29) is 0 Å². The zero-order valence-electron chi connectivity index (χ0n) is 9.05. The Hall–Kier alpha value is -0.520. The van der Waals surface area contributed by atoms with E-state index in [1.807, 2.05) is 0 Å². The van der Waals surface area contributed by atoms with Gasteiger partial charge in [-0.1, -0.05) is 31.2 Å². The predicted octanol–water partition coefficient (Wildman–Crippen LogP) is 4.34. The number of rotatable bonds is 3. The van der Waals surface area contributed by atoms with Gasteiger partial charge in [0.05, 0.1) is 0 Å². The molecule has 0 heteroatoms. The highest BCUT2D eigenvalue weighted by molar-refractivity contribution is 5.00. The molecule has 0 atom stereocenters. The van der Waals surface area contributed by atoms with Crippen LogP contribution < -0.4 is 0 Å². The largest absolute Gasteiger partial charge is 0.0999 e. The maximum absolute atomic E-state index is 4.05. The first kappa shape index (κ1) is 10.6. The number of hydrogen-bond donors (Lipinski definition) is 0. The molecular formula is C13H22. The summed E-state index contributed by atoms with van der Waals surface area (Å²) < 4.78 is 0. The lowest BCUT2D eigenvalue weighted by molar-refractivity contribution is 0.345. The van der Waals surface area contributed by atoms with Gasteiger partial charge in [0.25, 0.3) is 0 Å². The van der Waals surface area contributed by atoms with Crippen molar-refractivity contribution in [2.75, 3.05) is 0 Å². The van der Waals surface area contributed by atoms with Crippen molar-refractivity contribution in [2.45, 2.75) is 46.0 Å². The molecule has 0 unspecified atom stereocenters. The van der Waals surface area contributed by atoms with E-state index in [1.54, 1.807) is 0 Å². The third-order valence-electron chi connectivity index (χ3n) is 3.11. The second kappa shape index (κ2) is 5.26. The highest BCUT2D eigenvalue weighted by Gasteiger charge is 2.19. The second-order valence-corrected chi connectivity index (χ2v) is 4.29. The van der Waals surface area contributed by atoms with Gasteiger partial charge in [-0.2, -0.15) is 0 Å². The summed E-state index contributed by atoms with van der Waals surface area (Å²) in [5, 5.41) is 0. The molecule has 0 aromatic carbocycles. The summed E-state index contributed by atoms with van der Waals surface area (Å²) in [7, 11) is 0. The van der Waals surface area contributed by atoms with Crippen molar-refractivity contribution < 1.29 is 0 Å². The van der Waals surface area contributed by atoms with Gasteiger partial charge in [0.15, 0.2) is 0 Å². The molecule has 0 radical (unpaired) electrons. The minimum atomic E-state index is 0.811. The molecule has 13 heavy (non-hydrogen) atoms. The normalized spacial score (nSPS) is 29.4. The van der Waals surface area contributed by atoms with Gasteiger partial charge in [0.2, 0.25) is 0 Å². The van der Waals surface area contributed by atoms with Crippen LogP contribution >= 0.6 is 0 Å². The average Bonchev–Trinajstić information content (AvgIpc) is 2.15. The van der Waals surface area contributed by atoms with Gasteiger partial charge in [-0.15, -0.1) is 0 Å². The van der Waals surface area contributed by atoms with Crippen LogP contribution in [0.2, 0.25) is 0 Å². The fourth-order valence-electron chi connectivity index (χ4n) is 2.13. The lowest BCUT2D eigenvalue weighted by atomic mass is 9.79. The van der Waals surface area contributed by atoms with Crippen LogP contribution in [0.15, 0.2) is 24.3 Å². The van der Waals surface area contributed by atoms with E-state index in [1.165, 1.54) is 37.7 Å². The minimum Gasteiger partial charge on any atom is -0.0999 e. The summed E-state index contributed by atoms with van der Waals surface area (Å²) in [6.07, 6.45) is 11.4. The Morgan fingerprint density at radius 3 is 2.38 bits per heavy atom. The topological polar surface area (TPSA) is 0 Å². The molecule has 1 saturated carbocycles. The van der Waals surface area contributed by atoms with Crippen LogP contribution in [0.4, 0.5) is 0 Å². The van der Waals surface area contributed by atoms with Gasteiger partial charge in [0.1, 0.15) is 0 Å². The summed E-state index contributed by atoms with van der Waals surface area (Å²) >= 11 is 0. The molecule has 0 saturated heterocycles. The maximum Gasteiger partial charge on any atom is -0.0208 e. The van der Waals surface area contributed by atoms with E-state index < -0.39 is 0 Å². The Balaban J connectivity index is 2.30. The molecule has 0 bridgehead atoms. The minimum absolute atomic E-state index is 0.811. The predicted molar refractivity (Wildman–Crippen MR) is 59.7 cm³/mol. The van der Waals surface area contributed by atoms with Crippen molar-refractivity contribution in [3.8, 4) is 0 Å². The lowest BCUT2D eigenvalue weighted by Gasteiger charge is -2.26. The van der Waals surface area contributed by atoms with Crippen molar-refractivity contribution in [3.63, 3.8) is 0 Å². The van der Waals surface area contributed by atoms with Crippen LogP contribution in [-0.2, 0) is 0 Å². The molecule has 1 fully saturated rings. The van der Waals surface area contributed by atoms with Crippen molar-refractivity contribution in [3.05, 3.63) is 24.3 Å². The molecular weight excluding hydrogens is 156 g/mol.